The van der Waals surface area contributed by atoms with Crippen molar-refractivity contribution in [1.82, 2.24) is 4.98 Å². The lowest BCUT2D eigenvalue weighted by atomic mass is 10.3. The number of anilines is 1. The number of aromatic nitrogens is 1. The lowest BCUT2D eigenvalue weighted by Gasteiger charge is -2.04. The second kappa shape index (κ2) is 5.38. The van der Waals surface area contributed by atoms with Crippen molar-refractivity contribution in [3.05, 3.63) is 42.5 Å². The van der Waals surface area contributed by atoms with Gasteiger partial charge in [0, 0.05) is 5.69 Å². The molecule has 0 aliphatic heterocycles. The Morgan fingerprint density at radius 1 is 1.10 bits per heavy atom. The molecule has 3 rings (SSSR count). The summed E-state index contributed by atoms with van der Waals surface area (Å²) >= 11 is 1.48. The molecular weight excluding hydrogens is 272 g/mol. The molecule has 0 saturated carbocycles. The summed E-state index contributed by atoms with van der Waals surface area (Å²) in [5.74, 6) is 1.57. The van der Waals surface area contributed by atoms with E-state index in [2.05, 4.69) is 4.98 Å². The summed E-state index contributed by atoms with van der Waals surface area (Å²) in [6.45, 7) is 2.61. The molecule has 0 amide bonds. The van der Waals surface area contributed by atoms with Crippen molar-refractivity contribution in [3.63, 3.8) is 0 Å². The predicted octanol–water partition coefficient (Wildman–Crippen LogP) is 4.07. The van der Waals surface area contributed by atoms with Gasteiger partial charge in [-0.25, -0.2) is 4.98 Å². The molecule has 20 heavy (non-hydrogen) atoms. The van der Waals surface area contributed by atoms with Crippen LogP contribution in [0.15, 0.2) is 42.5 Å². The van der Waals surface area contributed by atoms with Gasteiger partial charge in [0.2, 0.25) is 0 Å². The van der Waals surface area contributed by atoms with Gasteiger partial charge in [0.05, 0.1) is 16.8 Å². The predicted molar refractivity (Wildman–Crippen MR) is 81.7 cm³/mol. The number of nitrogen functional groups attached to an aromatic ring is 1. The minimum atomic E-state index is 0.606. The molecule has 0 bridgehead atoms. The van der Waals surface area contributed by atoms with E-state index in [1.807, 2.05) is 49.4 Å². The van der Waals surface area contributed by atoms with Crippen molar-refractivity contribution in [2.45, 2.75) is 6.92 Å². The first-order valence-corrected chi connectivity index (χ1v) is 7.13. The Kier molecular flexibility index (Phi) is 3.43. The van der Waals surface area contributed by atoms with Gasteiger partial charge < -0.3 is 15.2 Å². The highest BCUT2D eigenvalue weighted by Gasteiger charge is 2.06. The average Bonchev–Trinajstić information content (AvgIpc) is 2.82. The largest absolute Gasteiger partial charge is 0.494 e. The van der Waals surface area contributed by atoms with Crippen molar-refractivity contribution in [1.29, 1.82) is 0 Å². The molecule has 0 fully saturated rings. The number of nitrogens with two attached hydrogens (primary N) is 1. The monoisotopic (exact) mass is 286 g/mol. The van der Waals surface area contributed by atoms with Gasteiger partial charge in [-0.1, -0.05) is 11.3 Å². The van der Waals surface area contributed by atoms with Gasteiger partial charge in [0.25, 0.3) is 5.19 Å². The molecule has 102 valence electrons. The highest BCUT2D eigenvalue weighted by Crippen LogP contribution is 2.32. The van der Waals surface area contributed by atoms with Crippen LogP contribution in [-0.2, 0) is 0 Å². The van der Waals surface area contributed by atoms with Crippen molar-refractivity contribution >= 4 is 27.2 Å². The second-order valence-corrected chi connectivity index (χ2v) is 5.21. The third kappa shape index (κ3) is 2.67. The minimum Gasteiger partial charge on any atom is -0.494 e. The summed E-state index contributed by atoms with van der Waals surface area (Å²) in [6.07, 6.45) is 0. The summed E-state index contributed by atoms with van der Waals surface area (Å²) in [6, 6.07) is 13.1. The zero-order valence-corrected chi connectivity index (χ0v) is 11.8. The molecule has 1 heterocycles. The van der Waals surface area contributed by atoms with Crippen LogP contribution in [0.4, 0.5) is 5.69 Å². The highest BCUT2D eigenvalue weighted by molar-refractivity contribution is 7.20. The number of nitrogens with zero attached hydrogens (tertiary/aromatic N) is 1. The van der Waals surface area contributed by atoms with E-state index >= 15 is 0 Å². The first-order chi connectivity index (χ1) is 9.74. The van der Waals surface area contributed by atoms with E-state index in [9.17, 15) is 0 Å². The first-order valence-electron chi connectivity index (χ1n) is 6.31. The summed E-state index contributed by atoms with van der Waals surface area (Å²) in [4.78, 5) is 4.42. The Morgan fingerprint density at radius 2 is 1.85 bits per heavy atom. The normalized spacial score (nSPS) is 10.7. The van der Waals surface area contributed by atoms with E-state index in [0.717, 1.165) is 27.4 Å². The number of rotatable bonds is 4. The van der Waals surface area contributed by atoms with E-state index in [4.69, 9.17) is 15.2 Å². The summed E-state index contributed by atoms with van der Waals surface area (Å²) < 4.78 is 12.2. The molecule has 0 unspecified atom stereocenters. The molecule has 0 atom stereocenters. The van der Waals surface area contributed by atoms with Gasteiger partial charge in [0.15, 0.2) is 0 Å². The number of benzene rings is 2. The van der Waals surface area contributed by atoms with E-state index in [-0.39, 0.29) is 0 Å². The first kappa shape index (κ1) is 12.7. The van der Waals surface area contributed by atoms with Crippen molar-refractivity contribution < 1.29 is 9.47 Å². The Hall–Kier alpha value is -2.27. The highest BCUT2D eigenvalue weighted by atomic mass is 32.1. The van der Waals surface area contributed by atoms with Gasteiger partial charge >= 0.3 is 0 Å². The van der Waals surface area contributed by atoms with Gasteiger partial charge in [-0.2, -0.15) is 0 Å². The van der Waals surface area contributed by atoms with Crippen LogP contribution in [0.1, 0.15) is 6.92 Å². The van der Waals surface area contributed by atoms with Crippen LogP contribution < -0.4 is 15.2 Å². The topological polar surface area (TPSA) is 57.4 Å². The molecule has 5 heteroatoms. The van der Waals surface area contributed by atoms with Crippen LogP contribution in [-0.4, -0.2) is 11.6 Å². The maximum Gasteiger partial charge on any atom is 0.279 e. The molecule has 4 nitrogen and oxygen atoms in total. The van der Waals surface area contributed by atoms with Crippen molar-refractivity contribution in [2.75, 3.05) is 12.3 Å². The minimum absolute atomic E-state index is 0.606. The van der Waals surface area contributed by atoms with E-state index in [1.54, 1.807) is 0 Å². The number of fused-ring (bicyclic) bond motifs is 1. The van der Waals surface area contributed by atoms with E-state index in [0.29, 0.717) is 11.8 Å². The lowest BCUT2D eigenvalue weighted by Crippen LogP contribution is -1.90. The van der Waals surface area contributed by atoms with E-state index in [1.165, 1.54) is 11.3 Å². The Balaban J connectivity index is 1.81. The van der Waals surface area contributed by atoms with E-state index < -0.39 is 0 Å². The smallest absolute Gasteiger partial charge is 0.279 e. The summed E-state index contributed by atoms with van der Waals surface area (Å²) in [5.41, 5.74) is 7.38. The molecule has 1 aromatic heterocycles. The quantitative estimate of drug-likeness (QED) is 0.734. The molecule has 0 radical (unpaired) electrons. The molecule has 3 aromatic rings. The molecule has 2 aromatic carbocycles. The Morgan fingerprint density at radius 3 is 2.60 bits per heavy atom. The van der Waals surface area contributed by atoms with Gasteiger partial charge in [0.1, 0.15) is 11.5 Å². The number of hydrogen-bond donors (Lipinski definition) is 1. The summed E-state index contributed by atoms with van der Waals surface area (Å²) in [5, 5.41) is 0.606. The second-order valence-electron chi connectivity index (χ2n) is 4.21. The van der Waals surface area contributed by atoms with Crippen LogP contribution in [0, 0.1) is 0 Å². The maximum atomic E-state index is 5.76. The summed E-state index contributed by atoms with van der Waals surface area (Å²) in [7, 11) is 0. The van der Waals surface area contributed by atoms with Crippen molar-refractivity contribution in [2.24, 2.45) is 0 Å². The zero-order chi connectivity index (χ0) is 13.9. The molecular formula is C15H14N2O2S. The fourth-order valence-corrected chi connectivity index (χ4v) is 2.72. The molecule has 0 aliphatic rings. The van der Waals surface area contributed by atoms with Gasteiger partial charge in [-0.3, -0.25) is 0 Å². The van der Waals surface area contributed by atoms with Gasteiger partial charge in [-0.05, 0) is 49.4 Å². The molecule has 2 N–H and O–H groups in total. The third-order valence-electron chi connectivity index (χ3n) is 2.73. The lowest BCUT2D eigenvalue weighted by molar-refractivity contribution is 0.339. The van der Waals surface area contributed by atoms with Crippen LogP contribution in [0.3, 0.4) is 0 Å². The van der Waals surface area contributed by atoms with Crippen LogP contribution in [0.5, 0.6) is 16.7 Å². The number of hydrogen-bond acceptors (Lipinski definition) is 5. The van der Waals surface area contributed by atoms with Crippen LogP contribution in [0.25, 0.3) is 10.2 Å². The SMILES string of the molecule is CCOc1ccc(Oc2nc3ccc(N)cc3s2)cc1. The molecule has 0 spiro atoms. The third-order valence-corrected chi connectivity index (χ3v) is 3.63. The molecule has 0 aliphatic carbocycles. The van der Waals surface area contributed by atoms with Crippen LogP contribution in [0.2, 0.25) is 0 Å². The fraction of sp³-hybridized carbons (Fsp3) is 0.133. The Bertz CT molecular complexity index is 722. The zero-order valence-electron chi connectivity index (χ0n) is 11.0. The fourth-order valence-electron chi connectivity index (χ4n) is 1.84. The van der Waals surface area contributed by atoms with Crippen molar-refractivity contribution in [3.8, 4) is 16.7 Å². The van der Waals surface area contributed by atoms with Gasteiger partial charge in [-0.15, -0.1) is 0 Å². The standard InChI is InChI=1S/C15H14N2O2S/c1-2-18-11-4-6-12(7-5-11)19-15-17-13-8-3-10(16)9-14(13)20-15/h3-9H,2,16H2,1H3. The molecule has 0 saturated heterocycles. The Labute approximate surface area is 120 Å². The number of ether oxygens (including phenoxy) is 2. The number of thiazole rings is 1. The maximum absolute atomic E-state index is 5.76. The average molecular weight is 286 g/mol. The van der Waals surface area contributed by atoms with Crippen LogP contribution >= 0.6 is 11.3 Å².